The lowest BCUT2D eigenvalue weighted by molar-refractivity contribution is -0.117. The monoisotopic (exact) mass is 346 g/mol. The molecule has 0 bridgehead atoms. The van der Waals surface area contributed by atoms with Crippen LogP contribution in [0.25, 0.3) is 0 Å². The molecule has 1 aromatic heterocycles. The second-order valence-corrected chi connectivity index (χ2v) is 8.46. The number of hydrogen-bond donors (Lipinski definition) is 1. The number of nitrogens with zero attached hydrogens (tertiary/aromatic N) is 3. The van der Waals surface area contributed by atoms with E-state index in [0.29, 0.717) is 17.1 Å². The molecule has 0 radical (unpaired) electrons. The fraction of sp³-hybridized carbons (Fsp3) is 0.375. The molecule has 120 valence electrons. The first-order chi connectivity index (χ1) is 10.9. The van der Waals surface area contributed by atoms with Gasteiger partial charge in [0.25, 0.3) is 0 Å². The van der Waals surface area contributed by atoms with E-state index in [9.17, 15) is 4.79 Å². The molecule has 1 heterocycles. The molecule has 1 amide bonds. The maximum absolute atomic E-state index is 11.9. The molecule has 0 aliphatic rings. The van der Waals surface area contributed by atoms with Gasteiger partial charge in [-0.15, -0.1) is 10.2 Å². The summed E-state index contributed by atoms with van der Waals surface area (Å²) in [5, 5.41) is 20.2. The van der Waals surface area contributed by atoms with Crippen molar-refractivity contribution in [3.05, 3.63) is 35.4 Å². The molecule has 0 aliphatic carbocycles. The lowest BCUT2D eigenvalue weighted by Gasteiger charge is -2.16. The number of carbonyl (C=O) groups excluding carboxylic acids is 1. The highest BCUT2D eigenvalue weighted by atomic mass is 32.2. The second-order valence-electron chi connectivity index (χ2n) is 6.26. The summed E-state index contributed by atoms with van der Waals surface area (Å²) in [6, 6.07) is 9.56. The van der Waals surface area contributed by atoms with E-state index in [2.05, 4.69) is 21.6 Å². The Balaban J connectivity index is 1.87. The van der Waals surface area contributed by atoms with Gasteiger partial charge in [-0.1, -0.05) is 56.0 Å². The number of nitrogens with one attached hydrogen (secondary N) is 1. The van der Waals surface area contributed by atoms with Crippen LogP contribution in [0.5, 0.6) is 0 Å². The van der Waals surface area contributed by atoms with Crippen molar-refractivity contribution >= 4 is 34.1 Å². The Labute approximate surface area is 144 Å². The summed E-state index contributed by atoms with van der Waals surface area (Å²) < 4.78 is 0.806. The fourth-order valence-electron chi connectivity index (χ4n) is 1.78. The van der Waals surface area contributed by atoms with Crippen molar-refractivity contribution in [2.24, 2.45) is 5.41 Å². The third kappa shape index (κ3) is 6.00. The van der Waals surface area contributed by atoms with Crippen LogP contribution in [0.3, 0.4) is 0 Å². The van der Waals surface area contributed by atoms with Crippen molar-refractivity contribution in [3.63, 3.8) is 0 Å². The van der Waals surface area contributed by atoms with Gasteiger partial charge in [0, 0.05) is 12.2 Å². The number of anilines is 1. The van der Waals surface area contributed by atoms with Crippen LogP contribution in [0.2, 0.25) is 0 Å². The topological polar surface area (TPSA) is 78.7 Å². The third-order valence-electron chi connectivity index (χ3n) is 2.79. The third-order valence-corrected chi connectivity index (χ3v) is 4.83. The molecule has 0 unspecified atom stereocenters. The summed E-state index contributed by atoms with van der Waals surface area (Å²) in [7, 11) is 0. The maximum atomic E-state index is 11.9. The molecule has 7 heteroatoms. The molecular weight excluding hydrogens is 328 g/mol. The zero-order valence-electron chi connectivity index (χ0n) is 13.3. The summed E-state index contributed by atoms with van der Waals surface area (Å²) in [6.07, 6.45) is 0.445. The van der Waals surface area contributed by atoms with Gasteiger partial charge in [-0.2, -0.15) is 5.26 Å². The first-order valence-electron chi connectivity index (χ1n) is 7.11. The number of hydrogen-bond acceptors (Lipinski definition) is 6. The van der Waals surface area contributed by atoms with E-state index >= 15 is 0 Å². The molecule has 1 N–H and O–H groups in total. The first kappa shape index (κ1) is 17.4. The van der Waals surface area contributed by atoms with Crippen LogP contribution in [0.4, 0.5) is 5.13 Å². The Hall–Kier alpha value is -1.91. The molecule has 0 aliphatic heterocycles. The van der Waals surface area contributed by atoms with Crippen LogP contribution in [0.1, 0.15) is 38.3 Å². The minimum absolute atomic E-state index is 0.0442. The number of aromatic nitrogens is 2. The normalized spacial score (nSPS) is 11.0. The van der Waals surface area contributed by atoms with E-state index in [-0.39, 0.29) is 11.3 Å². The predicted molar refractivity (Wildman–Crippen MR) is 93.3 cm³/mol. The van der Waals surface area contributed by atoms with Crippen molar-refractivity contribution in [2.45, 2.75) is 37.3 Å². The van der Waals surface area contributed by atoms with Gasteiger partial charge in [-0.05, 0) is 23.1 Å². The SMILES string of the molecule is CC(C)(C)CC(=O)Nc1nnc(SCc2ccc(C#N)cc2)s1. The van der Waals surface area contributed by atoms with Crippen LogP contribution in [-0.2, 0) is 10.5 Å². The van der Waals surface area contributed by atoms with Crippen LogP contribution < -0.4 is 5.32 Å². The first-order valence-corrected chi connectivity index (χ1v) is 8.91. The number of carbonyl (C=O) groups is 1. The average Bonchev–Trinajstić information content (AvgIpc) is 2.91. The van der Waals surface area contributed by atoms with E-state index in [1.165, 1.54) is 11.3 Å². The number of nitriles is 1. The smallest absolute Gasteiger partial charge is 0.226 e. The Morgan fingerprint density at radius 1 is 1.30 bits per heavy atom. The lowest BCUT2D eigenvalue weighted by atomic mass is 9.92. The van der Waals surface area contributed by atoms with Crippen LogP contribution in [0, 0.1) is 16.7 Å². The Morgan fingerprint density at radius 2 is 2.00 bits per heavy atom. The Bertz CT molecular complexity index is 711. The van der Waals surface area contributed by atoms with Crippen molar-refractivity contribution in [3.8, 4) is 6.07 Å². The molecule has 0 saturated heterocycles. The van der Waals surface area contributed by atoms with Gasteiger partial charge in [0.2, 0.25) is 11.0 Å². The molecule has 0 spiro atoms. The van der Waals surface area contributed by atoms with Gasteiger partial charge in [0.05, 0.1) is 11.6 Å². The number of thioether (sulfide) groups is 1. The summed E-state index contributed by atoms with van der Waals surface area (Å²) in [5.74, 6) is 0.702. The van der Waals surface area contributed by atoms with Crippen molar-refractivity contribution in [1.82, 2.24) is 10.2 Å². The summed E-state index contributed by atoms with van der Waals surface area (Å²) in [5.41, 5.74) is 1.71. The van der Waals surface area contributed by atoms with Gasteiger partial charge >= 0.3 is 0 Å². The minimum Gasteiger partial charge on any atom is -0.300 e. The zero-order valence-corrected chi connectivity index (χ0v) is 14.9. The van der Waals surface area contributed by atoms with Crippen molar-refractivity contribution in [2.75, 3.05) is 5.32 Å². The standard InChI is InChI=1S/C16H18N4OS2/c1-16(2,3)8-13(21)18-14-19-20-15(23-14)22-10-12-6-4-11(9-17)5-7-12/h4-7H,8,10H2,1-3H3,(H,18,19,21). The number of benzene rings is 1. The Kier molecular flexibility index (Phi) is 5.74. The minimum atomic E-state index is -0.0536. The summed E-state index contributed by atoms with van der Waals surface area (Å²) >= 11 is 2.93. The molecule has 23 heavy (non-hydrogen) atoms. The molecule has 5 nitrogen and oxygen atoms in total. The molecule has 0 fully saturated rings. The molecule has 2 aromatic rings. The van der Waals surface area contributed by atoms with Gasteiger partial charge in [0.1, 0.15) is 0 Å². The quantitative estimate of drug-likeness (QED) is 0.652. The van der Waals surface area contributed by atoms with Gasteiger partial charge < -0.3 is 5.32 Å². The van der Waals surface area contributed by atoms with Crippen LogP contribution >= 0.6 is 23.1 Å². The van der Waals surface area contributed by atoms with Crippen molar-refractivity contribution < 1.29 is 4.79 Å². The highest BCUT2D eigenvalue weighted by Crippen LogP contribution is 2.29. The summed E-state index contributed by atoms with van der Waals surface area (Å²) in [4.78, 5) is 11.9. The van der Waals surface area contributed by atoms with Gasteiger partial charge in [-0.25, -0.2) is 0 Å². The highest BCUT2D eigenvalue weighted by molar-refractivity contribution is 8.00. The van der Waals surface area contributed by atoms with Crippen LogP contribution in [-0.4, -0.2) is 16.1 Å². The number of rotatable bonds is 5. The molecule has 0 atom stereocenters. The molecule has 0 saturated carbocycles. The molecule has 2 rings (SSSR count). The fourth-order valence-corrected chi connectivity index (χ4v) is 3.51. The van der Waals surface area contributed by atoms with Gasteiger partial charge in [0.15, 0.2) is 4.34 Å². The van der Waals surface area contributed by atoms with E-state index in [1.54, 1.807) is 23.9 Å². The number of amides is 1. The average molecular weight is 346 g/mol. The maximum Gasteiger partial charge on any atom is 0.226 e. The van der Waals surface area contributed by atoms with E-state index < -0.39 is 0 Å². The zero-order chi connectivity index (χ0) is 16.9. The Morgan fingerprint density at radius 3 is 2.61 bits per heavy atom. The molecule has 1 aromatic carbocycles. The lowest BCUT2D eigenvalue weighted by Crippen LogP contribution is -2.19. The summed E-state index contributed by atoms with van der Waals surface area (Å²) in [6.45, 7) is 6.06. The molecular formula is C16H18N4OS2. The van der Waals surface area contributed by atoms with Crippen molar-refractivity contribution in [1.29, 1.82) is 5.26 Å². The van der Waals surface area contributed by atoms with Gasteiger partial charge in [-0.3, -0.25) is 4.79 Å². The van der Waals surface area contributed by atoms with E-state index in [0.717, 1.165) is 15.7 Å². The predicted octanol–water partition coefficient (Wildman–Crippen LogP) is 4.08. The van der Waals surface area contributed by atoms with E-state index in [1.807, 2.05) is 32.9 Å². The highest BCUT2D eigenvalue weighted by Gasteiger charge is 2.17. The second kappa shape index (κ2) is 7.57. The van der Waals surface area contributed by atoms with E-state index in [4.69, 9.17) is 5.26 Å². The van der Waals surface area contributed by atoms with Crippen LogP contribution in [0.15, 0.2) is 28.6 Å². The largest absolute Gasteiger partial charge is 0.300 e.